The Morgan fingerprint density at radius 1 is 0.893 bits per heavy atom. The molecule has 2 aliphatic heterocycles. The van der Waals surface area contributed by atoms with E-state index in [4.69, 9.17) is 4.74 Å². The number of ether oxygens (including phenoxy) is 1. The number of amides is 1. The highest BCUT2D eigenvalue weighted by Crippen LogP contribution is 2.24. The van der Waals surface area contributed by atoms with Crippen LogP contribution in [0.25, 0.3) is 0 Å². The van der Waals surface area contributed by atoms with Gasteiger partial charge in [-0.25, -0.2) is 0 Å². The number of hydrogen-bond donors (Lipinski definition) is 0. The molecule has 0 radical (unpaired) electrons. The van der Waals surface area contributed by atoms with Crippen LogP contribution in [-0.2, 0) is 17.8 Å². The van der Waals surface area contributed by atoms with Crippen LogP contribution in [0.2, 0.25) is 0 Å². The van der Waals surface area contributed by atoms with Crippen LogP contribution in [0.1, 0.15) is 36.8 Å². The summed E-state index contributed by atoms with van der Waals surface area (Å²) in [5.74, 6) is 1.03. The topological polar surface area (TPSA) is 32.8 Å². The molecule has 2 fully saturated rings. The maximum atomic E-state index is 12.9. The average molecular weight is 379 g/mol. The Balaban J connectivity index is 1.32. The summed E-state index contributed by atoms with van der Waals surface area (Å²) in [6.07, 6.45) is 5.30. The monoisotopic (exact) mass is 378 g/mol. The molecule has 2 aromatic carbocycles. The van der Waals surface area contributed by atoms with E-state index in [1.165, 1.54) is 25.9 Å². The maximum absolute atomic E-state index is 12.9. The van der Waals surface area contributed by atoms with E-state index in [2.05, 4.69) is 17.0 Å². The van der Waals surface area contributed by atoms with Crippen LogP contribution in [0.3, 0.4) is 0 Å². The fraction of sp³-hybridized carbons (Fsp3) is 0.458. The van der Waals surface area contributed by atoms with Crippen LogP contribution in [0.4, 0.5) is 0 Å². The smallest absolute Gasteiger partial charge is 0.227 e. The number of hydrogen-bond acceptors (Lipinski definition) is 3. The molecular weight excluding hydrogens is 348 g/mol. The van der Waals surface area contributed by atoms with Crippen LogP contribution in [0.5, 0.6) is 5.75 Å². The Morgan fingerprint density at radius 3 is 2.32 bits per heavy atom. The molecule has 0 atom stereocenters. The largest absolute Gasteiger partial charge is 0.489 e. The van der Waals surface area contributed by atoms with Crippen LogP contribution in [0, 0.1) is 0 Å². The summed E-state index contributed by atoms with van der Waals surface area (Å²) < 4.78 is 6.02. The van der Waals surface area contributed by atoms with Crippen molar-refractivity contribution in [2.75, 3.05) is 26.2 Å². The van der Waals surface area contributed by atoms with E-state index in [1.54, 1.807) is 0 Å². The summed E-state index contributed by atoms with van der Waals surface area (Å²) in [6, 6.07) is 18.7. The van der Waals surface area contributed by atoms with Gasteiger partial charge in [0.15, 0.2) is 0 Å². The summed E-state index contributed by atoms with van der Waals surface area (Å²) in [4.78, 5) is 17.5. The van der Waals surface area contributed by atoms with Gasteiger partial charge in [0.1, 0.15) is 12.4 Å². The van der Waals surface area contributed by atoms with E-state index in [0.717, 1.165) is 42.8 Å². The van der Waals surface area contributed by atoms with Gasteiger partial charge < -0.3 is 14.5 Å². The molecule has 1 amide bonds. The summed E-state index contributed by atoms with van der Waals surface area (Å²) in [7, 11) is 0. The summed E-state index contributed by atoms with van der Waals surface area (Å²) >= 11 is 0. The lowest BCUT2D eigenvalue weighted by atomic mass is 10.0. The third-order valence-electron chi connectivity index (χ3n) is 6.03. The highest BCUT2D eigenvalue weighted by atomic mass is 16.5. The lowest BCUT2D eigenvalue weighted by molar-refractivity contribution is -0.132. The number of carbonyl (C=O) groups excluding carboxylic acids is 1. The highest BCUT2D eigenvalue weighted by Gasteiger charge is 2.28. The second kappa shape index (κ2) is 9.24. The molecule has 2 saturated heterocycles. The first kappa shape index (κ1) is 19.0. The molecule has 28 heavy (non-hydrogen) atoms. The average Bonchev–Trinajstić information content (AvgIpc) is 3.29. The van der Waals surface area contributed by atoms with Gasteiger partial charge in [0, 0.05) is 24.7 Å². The van der Waals surface area contributed by atoms with Gasteiger partial charge in [-0.3, -0.25) is 4.79 Å². The molecule has 0 aromatic heterocycles. The predicted octanol–water partition coefficient (Wildman–Crippen LogP) is 3.89. The van der Waals surface area contributed by atoms with Crippen molar-refractivity contribution < 1.29 is 9.53 Å². The normalized spacial score (nSPS) is 18.4. The van der Waals surface area contributed by atoms with Gasteiger partial charge in [-0.1, -0.05) is 48.5 Å². The van der Waals surface area contributed by atoms with Crippen molar-refractivity contribution in [2.24, 2.45) is 0 Å². The van der Waals surface area contributed by atoms with Crippen LogP contribution >= 0.6 is 0 Å². The SMILES string of the molecule is O=C(Cc1ccccc1OCc1ccccc1)N1CCC(N2CCCC2)CC1. The molecular formula is C24H30N2O2. The van der Waals surface area contributed by atoms with Crippen LogP contribution in [-0.4, -0.2) is 47.9 Å². The van der Waals surface area contributed by atoms with Gasteiger partial charge in [0.05, 0.1) is 6.42 Å². The third kappa shape index (κ3) is 4.74. The molecule has 4 nitrogen and oxygen atoms in total. The molecule has 2 heterocycles. The molecule has 0 unspecified atom stereocenters. The minimum Gasteiger partial charge on any atom is -0.489 e. The van der Waals surface area contributed by atoms with Gasteiger partial charge in [-0.15, -0.1) is 0 Å². The summed E-state index contributed by atoms with van der Waals surface area (Å²) in [6.45, 7) is 4.77. The number of likely N-dealkylation sites (tertiary alicyclic amines) is 2. The number of carbonyl (C=O) groups is 1. The Hall–Kier alpha value is -2.33. The molecule has 2 aliphatic rings. The van der Waals surface area contributed by atoms with Crippen LogP contribution < -0.4 is 4.74 Å². The first-order chi connectivity index (χ1) is 13.8. The second-order valence-corrected chi connectivity index (χ2v) is 7.91. The number of rotatable bonds is 6. The maximum Gasteiger partial charge on any atom is 0.227 e. The molecule has 148 valence electrons. The van der Waals surface area contributed by atoms with Gasteiger partial charge in [-0.2, -0.15) is 0 Å². The van der Waals surface area contributed by atoms with Gasteiger partial charge in [-0.05, 0) is 50.4 Å². The summed E-state index contributed by atoms with van der Waals surface area (Å²) in [5.41, 5.74) is 2.11. The Bertz CT molecular complexity index is 763. The van der Waals surface area contributed by atoms with Crippen molar-refractivity contribution in [3.8, 4) is 5.75 Å². The lowest BCUT2D eigenvalue weighted by Crippen LogP contribution is -2.46. The van der Waals surface area contributed by atoms with E-state index >= 15 is 0 Å². The van der Waals surface area contributed by atoms with Crippen molar-refractivity contribution in [3.63, 3.8) is 0 Å². The second-order valence-electron chi connectivity index (χ2n) is 7.91. The molecule has 2 aromatic rings. The molecule has 0 N–H and O–H groups in total. The fourth-order valence-electron chi connectivity index (χ4n) is 4.39. The zero-order chi connectivity index (χ0) is 19.2. The van der Waals surface area contributed by atoms with E-state index < -0.39 is 0 Å². The third-order valence-corrected chi connectivity index (χ3v) is 6.03. The van der Waals surface area contributed by atoms with E-state index in [9.17, 15) is 4.79 Å². The molecule has 0 aliphatic carbocycles. The number of nitrogens with zero attached hydrogens (tertiary/aromatic N) is 2. The zero-order valence-corrected chi connectivity index (χ0v) is 16.6. The lowest BCUT2D eigenvalue weighted by Gasteiger charge is -2.36. The molecule has 0 spiro atoms. The Morgan fingerprint density at radius 2 is 1.57 bits per heavy atom. The standard InChI is InChI=1S/C24H30N2O2/c27-24(26-16-12-22(13-17-26)25-14-6-7-15-25)18-21-10-4-5-11-23(21)28-19-20-8-2-1-3-9-20/h1-5,8-11,22H,6-7,12-19H2. The minimum atomic E-state index is 0.218. The Kier molecular flexibility index (Phi) is 6.27. The van der Waals surface area contributed by atoms with Crippen molar-refractivity contribution in [2.45, 2.75) is 44.8 Å². The van der Waals surface area contributed by atoms with Crippen molar-refractivity contribution in [3.05, 3.63) is 65.7 Å². The first-order valence-corrected chi connectivity index (χ1v) is 10.6. The van der Waals surface area contributed by atoms with Crippen molar-refractivity contribution in [1.29, 1.82) is 0 Å². The summed E-state index contributed by atoms with van der Waals surface area (Å²) in [5, 5.41) is 0. The van der Waals surface area contributed by atoms with Crippen molar-refractivity contribution in [1.82, 2.24) is 9.80 Å². The predicted molar refractivity (Wildman–Crippen MR) is 111 cm³/mol. The van der Waals surface area contributed by atoms with Crippen molar-refractivity contribution >= 4 is 5.91 Å². The number of benzene rings is 2. The molecule has 4 heteroatoms. The number of para-hydroxylation sites is 1. The molecule has 4 rings (SSSR count). The quantitative estimate of drug-likeness (QED) is 0.764. The van der Waals surface area contributed by atoms with Gasteiger partial charge >= 0.3 is 0 Å². The zero-order valence-electron chi connectivity index (χ0n) is 16.6. The van der Waals surface area contributed by atoms with Gasteiger partial charge in [0.25, 0.3) is 0 Å². The van der Waals surface area contributed by atoms with E-state index in [-0.39, 0.29) is 5.91 Å². The van der Waals surface area contributed by atoms with Gasteiger partial charge in [0.2, 0.25) is 5.91 Å². The first-order valence-electron chi connectivity index (χ1n) is 10.6. The number of piperidine rings is 1. The fourth-order valence-corrected chi connectivity index (χ4v) is 4.39. The van der Waals surface area contributed by atoms with E-state index in [0.29, 0.717) is 19.1 Å². The molecule has 0 bridgehead atoms. The van der Waals surface area contributed by atoms with Crippen LogP contribution in [0.15, 0.2) is 54.6 Å². The molecule has 0 saturated carbocycles. The highest BCUT2D eigenvalue weighted by molar-refractivity contribution is 5.79. The minimum absolute atomic E-state index is 0.218. The van der Waals surface area contributed by atoms with E-state index in [1.807, 2.05) is 47.4 Å². The Labute approximate surface area is 168 Å².